The molecule has 2 aliphatic heterocycles. The van der Waals surface area contributed by atoms with E-state index >= 15 is 0 Å². The minimum atomic E-state index is -0.304. The Morgan fingerprint density at radius 2 is 1.93 bits per heavy atom. The lowest BCUT2D eigenvalue weighted by molar-refractivity contribution is -0.125. The molecule has 1 N–H and O–H groups in total. The summed E-state index contributed by atoms with van der Waals surface area (Å²) in [6.07, 6.45) is 2.85. The summed E-state index contributed by atoms with van der Waals surface area (Å²) < 4.78 is 13.7. The van der Waals surface area contributed by atoms with Crippen LogP contribution in [-0.2, 0) is 16.1 Å². The van der Waals surface area contributed by atoms with E-state index in [9.17, 15) is 14.0 Å². The van der Waals surface area contributed by atoms with Crippen molar-refractivity contribution in [2.24, 2.45) is 5.92 Å². The number of rotatable bonds is 5. The Morgan fingerprint density at radius 1 is 1.18 bits per heavy atom. The Kier molecular flexibility index (Phi) is 5.52. The van der Waals surface area contributed by atoms with E-state index < -0.39 is 0 Å². The van der Waals surface area contributed by atoms with Gasteiger partial charge in [-0.05, 0) is 25.3 Å². The van der Waals surface area contributed by atoms with Crippen molar-refractivity contribution < 1.29 is 14.0 Å². The van der Waals surface area contributed by atoms with Crippen molar-refractivity contribution in [2.45, 2.75) is 32.2 Å². The summed E-state index contributed by atoms with van der Waals surface area (Å²) in [7, 11) is 0. The highest BCUT2D eigenvalue weighted by Crippen LogP contribution is 2.32. The molecular formula is C19H22FN5O2S. The minimum Gasteiger partial charge on any atom is -0.352 e. The van der Waals surface area contributed by atoms with Crippen LogP contribution in [0, 0.1) is 11.7 Å². The molecule has 7 nitrogen and oxygen atoms in total. The number of hydrogen-bond acceptors (Lipinski definition) is 6. The van der Waals surface area contributed by atoms with Gasteiger partial charge in [0, 0.05) is 44.1 Å². The summed E-state index contributed by atoms with van der Waals surface area (Å²) >= 11 is 1.43. The number of nitrogens with one attached hydrogen (secondary N) is 1. The van der Waals surface area contributed by atoms with E-state index in [-0.39, 0.29) is 30.1 Å². The fourth-order valence-corrected chi connectivity index (χ4v) is 4.54. The first-order valence-electron chi connectivity index (χ1n) is 9.52. The third-order valence-electron chi connectivity index (χ3n) is 5.26. The zero-order valence-corrected chi connectivity index (χ0v) is 16.3. The molecule has 2 aromatic rings. The highest BCUT2D eigenvalue weighted by atomic mass is 32.1. The van der Waals surface area contributed by atoms with Crippen molar-refractivity contribution in [3.63, 3.8) is 0 Å². The first-order chi connectivity index (χ1) is 13.6. The van der Waals surface area contributed by atoms with E-state index in [0.29, 0.717) is 49.6 Å². The molecule has 0 bridgehead atoms. The van der Waals surface area contributed by atoms with Gasteiger partial charge in [0.2, 0.25) is 22.1 Å². The minimum absolute atomic E-state index is 0.0384. The normalized spacial score (nSPS) is 18.0. The number of carbonyl (C=O) groups is 2. The standard InChI is InChI=1S/C19H22FN5O2S/c20-15-5-2-1-4-14(15)12-21-17(27)13-7-10-24(11-8-13)18-22-23-19(28-18)25-9-3-6-16(25)26/h1-2,4-5,13H,3,6-12H2,(H,21,27). The monoisotopic (exact) mass is 403 g/mol. The Morgan fingerprint density at radius 3 is 2.64 bits per heavy atom. The van der Waals surface area contributed by atoms with Crippen LogP contribution in [0.5, 0.6) is 0 Å². The van der Waals surface area contributed by atoms with Gasteiger partial charge in [-0.2, -0.15) is 0 Å². The molecule has 1 aromatic carbocycles. The molecule has 2 aliphatic rings. The van der Waals surface area contributed by atoms with Gasteiger partial charge >= 0.3 is 0 Å². The Hall–Kier alpha value is -2.55. The maximum atomic E-state index is 13.7. The zero-order valence-electron chi connectivity index (χ0n) is 15.4. The highest BCUT2D eigenvalue weighted by Gasteiger charge is 2.29. The molecule has 2 amide bonds. The zero-order chi connectivity index (χ0) is 19.5. The maximum absolute atomic E-state index is 13.7. The van der Waals surface area contributed by atoms with Crippen molar-refractivity contribution in [3.05, 3.63) is 35.6 Å². The molecule has 3 heterocycles. The van der Waals surface area contributed by atoms with E-state index in [2.05, 4.69) is 20.4 Å². The van der Waals surface area contributed by atoms with Gasteiger partial charge in [-0.3, -0.25) is 14.5 Å². The average Bonchev–Trinajstić information content (AvgIpc) is 3.36. The van der Waals surface area contributed by atoms with Crippen LogP contribution in [0.1, 0.15) is 31.2 Å². The van der Waals surface area contributed by atoms with Crippen molar-refractivity contribution in [1.82, 2.24) is 15.5 Å². The van der Waals surface area contributed by atoms with Crippen LogP contribution in [0.4, 0.5) is 14.7 Å². The molecule has 0 spiro atoms. The van der Waals surface area contributed by atoms with Crippen molar-refractivity contribution in [3.8, 4) is 0 Å². The summed E-state index contributed by atoms with van der Waals surface area (Å²) in [5, 5.41) is 12.7. The second kappa shape index (κ2) is 8.22. The lowest BCUT2D eigenvalue weighted by atomic mass is 9.96. The quantitative estimate of drug-likeness (QED) is 0.829. The number of amides is 2. The number of anilines is 2. The summed E-state index contributed by atoms with van der Waals surface area (Å²) in [5.74, 6) is -0.326. The van der Waals surface area contributed by atoms with E-state index in [1.54, 1.807) is 23.1 Å². The molecule has 4 rings (SSSR count). The lowest BCUT2D eigenvalue weighted by Crippen LogP contribution is -2.40. The number of piperidine rings is 1. The molecule has 148 valence electrons. The van der Waals surface area contributed by atoms with Crippen LogP contribution in [-0.4, -0.2) is 41.6 Å². The van der Waals surface area contributed by atoms with Gasteiger partial charge < -0.3 is 10.2 Å². The van der Waals surface area contributed by atoms with E-state index in [0.717, 1.165) is 11.6 Å². The largest absolute Gasteiger partial charge is 0.352 e. The number of nitrogens with zero attached hydrogens (tertiary/aromatic N) is 4. The average molecular weight is 403 g/mol. The van der Waals surface area contributed by atoms with Crippen LogP contribution in [0.25, 0.3) is 0 Å². The third kappa shape index (κ3) is 3.99. The van der Waals surface area contributed by atoms with E-state index in [4.69, 9.17) is 0 Å². The smallest absolute Gasteiger partial charge is 0.228 e. The van der Waals surface area contributed by atoms with Crippen LogP contribution >= 0.6 is 11.3 Å². The first kappa shape index (κ1) is 18.8. The second-order valence-corrected chi connectivity index (χ2v) is 8.02. The van der Waals surface area contributed by atoms with Gasteiger partial charge in [0.25, 0.3) is 0 Å². The molecule has 0 aliphatic carbocycles. The molecule has 9 heteroatoms. The van der Waals surface area contributed by atoms with Crippen LogP contribution in [0.3, 0.4) is 0 Å². The molecule has 1 aromatic heterocycles. The molecule has 0 saturated carbocycles. The number of benzene rings is 1. The topological polar surface area (TPSA) is 78.4 Å². The second-order valence-electron chi connectivity index (χ2n) is 7.09. The van der Waals surface area contributed by atoms with Crippen molar-refractivity contribution in [1.29, 1.82) is 0 Å². The fraction of sp³-hybridized carbons (Fsp3) is 0.474. The molecule has 2 fully saturated rings. The fourth-order valence-electron chi connectivity index (χ4n) is 3.60. The number of hydrogen-bond donors (Lipinski definition) is 1. The summed E-state index contributed by atoms with van der Waals surface area (Å²) in [6.45, 7) is 2.33. The molecule has 28 heavy (non-hydrogen) atoms. The van der Waals surface area contributed by atoms with E-state index in [1.807, 2.05) is 0 Å². The van der Waals surface area contributed by atoms with Gasteiger partial charge in [0.05, 0.1) is 0 Å². The molecular weight excluding hydrogens is 381 g/mol. The number of aromatic nitrogens is 2. The molecule has 0 unspecified atom stereocenters. The SMILES string of the molecule is O=C(NCc1ccccc1F)C1CCN(c2nnc(N3CCCC3=O)s2)CC1. The van der Waals surface area contributed by atoms with Crippen molar-refractivity contribution >= 4 is 33.4 Å². The predicted molar refractivity (Wildman–Crippen MR) is 105 cm³/mol. The van der Waals surface area contributed by atoms with Gasteiger partial charge in [-0.25, -0.2) is 4.39 Å². The van der Waals surface area contributed by atoms with Crippen molar-refractivity contribution in [2.75, 3.05) is 29.4 Å². The molecule has 0 atom stereocenters. The van der Waals surface area contributed by atoms with Gasteiger partial charge in [0.15, 0.2) is 0 Å². The maximum Gasteiger partial charge on any atom is 0.228 e. The van der Waals surface area contributed by atoms with Crippen LogP contribution in [0.15, 0.2) is 24.3 Å². The lowest BCUT2D eigenvalue weighted by Gasteiger charge is -2.30. The predicted octanol–water partition coefficient (Wildman–Crippen LogP) is 2.34. The van der Waals surface area contributed by atoms with Gasteiger partial charge in [-0.1, -0.05) is 29.5 Å². The Labute approximate surface area is 166 Å². The molecule has 0 radical (unpaired) electrons. The third-order valence-corrected chi connectivity index (χ3v) is 6.26. The number of carbonyl (C=O) groups excluding carboxylic acids is 2. The summed E-state index contributed by atoms with van der Waals surface area (Å²) in [5.41, 5.74) is 0.492. The highest BCUT2D eigenvalue weighted by molar-refractivity contribution is 7.19. The van der Waals surface area contributed by atoms with Crippen LogP contribution < -0.4 is 15.1 Å². The Balaban J connectivity index is 1.28. The first-order valence-corrected chi connectivity index (χ1v) is 10.3. The van der Waals surface area contributed by atoms with E-state index in [1.165, 1.54) is 17.4 Å². The molecule has 2 saturated heterocycles. The van der Waals surface area contributed by atoms with Crippen LogP contribution in [0.2, 0.25) is 0 Å². The summed E-state index contributed by atoms with van der Waals surface area (Å²) in [6, 6.07) is 6.46. The number of halogens is 1. The Bertz CT molecular complexity index is 866. The van der Waals surface area contributed by atoms with Gasteiger partial charge in [-0.15, -0.1) is 10.2 Å². The summed E-state index contributed by atoms with van der Waals surface area (Å²) in [4.78, 5) is 28.1. The van der Waals surface area contributed by atoms with Gasteiger partial charge in [0.1, 0.15) is 5.82 Å².